The molecule has 1 saturated carbocycles. The van der Waals surface area contributed by atoms with Crippen molar-refractivity contribution in [1.82, 2.24) is 5.32 Å². The summed E-state index contributed by atoms with van der Waals surface area (Å²) in [6.45, 7) is 6.30. The van der Waals surface area contributed by atoms with Crippen molar-refractivity contribution in [3.63, 3.8) is 0 Å². The van der Waals surface area contributed by atoms with E-state index >= 15 is 0 Å². The van der Waals surface area contributed by atoms with Crippen LogP contribution in [0.4, 0.5) is 0 Å². The minimum atomic E-state index is -1.02. The van der Waals surface area contributed by atoms with Gasteiger partial charge in [0.25, 0.3) is 0 Å². The standard InChI is InChI=1S/C18H25NO3/c1-12(2)14-5-7-15(8-6-14)13(3)11-16(20)19-18(17(21)22)9-4-10-18/h5-8,12-13H,4,9-11H2,1-3H3,(H,19,20)(H,21,22). The van der Waals surface area contributed by atoms with Crippen molar-refractivity contribution < 1.29 is 14.7 Å². The van der Waals surface area contributed by atoms with Gasteiger partial charge in [0.1, 0.15) is 5.54 Å². The Morgan fingerprint density at radius 1 is 1.14 bits per heavy atom. The number of carbonyl (C=O) groups is 2. The van der Waals surface area contributed by atoms with Crippen LogP contribution in [0.5, 0.6) is 0 Å². The molecule has 0 heterocycles. The van der Waals surface area contributed by atoms with Crippen LogP contribution in [0.15, 0.2) is 24.3 Å². The zero-order chi connectivity index (χ0) is 16.3. The van der Waals surface area contributed by atoms with Crippen LogP contribution in [0.25, 0.3) is 0 Å². The van der Waals surface area contributed by atoms with Crippen molar-refractivity contribution in [3.05, 3.63) is 35.4 Å². The van der Waals surface area contributed by atoms with E-state index in [9.17, 15) is 14.7 Å². The quantitative estimate of drug-likeness (QED) is 0.846. The van der Waals surface area contributed by atoms with Crippen molar-refractivity contribution in [2.24, 2.45) is 0 Å². The maximum absolute atomic E-state index is 12.1. The van der Waals surface area contributed by atoms with Gasteiger partial charge in [-0.05, 0) is 42.2 Å². The molecular weight excluding hydrogens is 278 g/mol. The molecule has 0 saturated heterocycles. The van der Waals surface area contributed by atoms with Gasteiger partial charge in [0.15, 0.2) is 0 Å². The molecule has 1 aromatic rings. The minimum absolute atomic E-state index is 0.0760. The molecule has 1 atom stereocenters. The Bertz CT molecular complexity index is 544. The Labute approximate surface area is 131 Å². The molecule has 120 valence electrons. The number of benzene rings is 1. The maximum atomic E-state index is 12.1. The number of amides is 1. The number of aliphatic carboxylic acids is 1. The molecule has 0 aromatic heterocycles. The molecule has 1 aromatic carbocycles. The normalized spacial score (nSPS) is 17.6. The van der Waals surface area contributed by atoms with Gasteiger partial charge in [-0.3, -0.25) is 4.79 Å². The van der Waals surface area contributed by atoms with Gasteiger partial charge in [-0.15, -0.1) is 0 Å². The molecule has 1 unspecified atom stereocenters. The largest absolute Gasteiger partial charge is 0.480 e. The molecule has 4 nitrogen and oxygen atoms in total. The Kier molecular flexibility index (Phi) is 4.89. The first-order chi connectivity index (χ1) is 10.3. The molecule has 0 bridgehead atoms. The van der Waals surface area contributed by atoms with Crippen LogP contribution in [0.3, 0.4) is 0 Å². The first kappa shape index (κ1) is 16.5. The summed E-state index contributed by atoms with van der Waals surface area (Å²) < 4.78 is 0. The Morgan fingerprint density at radius 2 is 1.68 bits per heavy atom. The van der Waals surface area contributed by atoms with Crippen molar-refractivity contribution in [2.75, 3.05) is 0 Å². The molecule has 0 radical (unpaired) electrons. The van der Waals surface area contributed by atoms with Crippen LogP contribution in [-0.2, 0) is 9.59 Å². The van der Waals surface area contributed by atoms with E-state index in [2.05, 4.69) is 43.4 Å². The third-order valence-electron chi connectivity index (χ3n) is 4.66. The molecule has 1 fully saturated rings. The zero-order valence-electron chi connectivity index (χ0n) is 13.6. The lowest BCUT2D eigenvalue weighted by Gasteiger charge is -2.38. The fourth-order valence-corrected chi connectivity index (χ4v) is 2.85. The number of rotatable bonds is 6. The Balaban J connectivity index is 1.95. The monoisotopic (exact) mass is 303 g/mol. The summed E-state index contributed by atoms with van der Waals surface area (Å²) >= 11 is 0. The summed E-state index contributed by atoms with van der Waals surface area (Å²) in [7, 11) is 0. The Morgan fingerprint density at radius 3 is 2.09 bits per heavy atom. The van der Waals surface area contributed by atoms with Crippen LogP contribution >= 0.6 is 0 Å². The molecule has 1 aliphatic rings. The highest BCUT2D eigenvalue weighted by molar-refractivity contribution is 5.88. The average Bonchev–Trinajstić information content (AvgIpc) is 2.42. The van der Waals surface area contributed by atoms with Crippen molar-refractivity contribution >= 4 is 11.9 Å². The second-order valence-electron chi connectivity index (χ2n) is 6.72. The van der Waals surface area contributed by atoms with E-state index in [0.717, 1.165) is 12.0 Å². The summed E-state index contributed by atoms with van der Waals surface area (Å²) in [6.07, 6.45) is 2.24. The highest BCUT2D eigenvalue weighted by Gasteiger charge is 2.45. The Hall–Kier alpha value is -1.84. The lowest BCUT2D eigenvalue weighted by molar-refractivity contribution is -0.151. The number of carboxylic acid groups (broad SMARTS) is 1. The lowest BCUT2D eigenvalue weighted by Crippen LogP contribution is -2.59. The van der Waals surface area contributed by atoms with Crippen molar-refractivity contribution in [3.8, 4) is 0 Å². The van der Waals surface area contributed by atoms with E-state index in [1.54, 1.807) is 0 Å². The number of nitrogens with one attached hydrogen (secondary N) is 1. The summed E-state index contributed by atoms with van der Waals surface area (Å²) in [5, 5.41) is 12.0. The second kappa shape index (κ2) is 6.51. The fraction of sp³-hybridized carbons (Fsp3) is 0.556. The number of hydrogen-bond acceptors (Lipinski definition) is 2. The molecular formula is C18H25NO3. The molecule has 22 heavy (non-hydrogen) atoms. The predicted molar refractivity (Wildman–Crippen MR) is 85.9 cm³/mol. The van der Waals surface area contributed by atoms with Crippen LogP contribution in [0, 0.1) is 0 Å². The average molecular weight is 303 g/mol. The topological polar surface area (TPSA) is 66.4 Å². The smallest absolute Gasteiger partial charge is 0.329 e. The summed E-state index contributed by atoms with van der Waals surface area (Å²) in [4.78, 5) is 23.4. The third-order valence-corrected chi connectivity index (χ3v) is 4.66. The van der Waals surface area contributed by atoms with Crippen LogP contribution in [0.1, 0.15) is 69.4 Å². The van der Waals surface area contributed by atoms with Gasteiger partial charge >= 0.3 is 5.97 Å². The molecule has 2 N–H and O–H groups in total. The molecule has 1 amide bonds. The lowest BCUT2D eigenvalue weighted by atomic mass is 9.76. The first-order valence-electron chi connectivity index (χ1n) is 7.98. The highest BCUT2D eigenvalue weighted by Crippen LogP contribution is 2.32. The van der Waals surface area contributed by atoms with Crippen molar-refractivity contribution in [2.45, 2.75) is 63.8 Å². The van der Waals surface area contributed by atoms with Gasteiger partial charge in [-0.25, -0.2) is 4.79 Å². The molecule has 1 aliphatic carbocycles. The highest BCUT2D eigenvalue weighted by atomic mass is 16.4. The van der Waals surface area contributed by atoms with Gasteiger partial charge in [0.2, 0.25) is 5.91 Å². The maximum Gasteiger partial charge on any atom is 0.329 e. The minimum Gasteiger partial charge on any atom is -0.480 e. The summed E-state index contributed by atoms with van der Waals surface area (Å²) in [6, 6.07) is 8.31. The molecule has 0 aliphatic heterocycles. The molecule has 2 rings (SSSR count). The first-order valence-corrected chi connectivity index (χ1v) is 7.98. The third kappa shape index (κ3) is 3.49. The fourth-order valence-electron chi connectivity index (χ4n) is 2.85. The second-order valence-corrected chi connectivity index (χ2v) is 6.72. The SMILES string of the molecule is CC(C)c1ccc(C(C)CC(=O)NC2(C(=O)O)CCC2)cc1. The van der Waals surface area contributed by atoms with Crippen LogP contribution < -0.4 is 5.32 Å². The molecule has 0 spiro atoms. The van der Waals surface area contributed by atoms with Gasteiger partial charge < -0.3 is 10.4 Å². The van der Waals surface area contributed by atoms with Crippen LogP contribution in [-0.4, -0.2) is 22.5 Å². The number of hydrogen-bond donors (Lipinski definition) is 2. The molecule has 4 heteroatoms. The zero-order valence-corrected chi connectivity index (χ0v) is 13.6. The van der Waals surface area contributed by atoms with Crippen LogP contribution in [0.2, 0.25) is 0 Å². The number of carboxylic acids is 1. The van der Waals surface area contributed by atoms with E-state index in [0.29, 0.717) is 25.2 Å². The number of carbonyl (C=O) groups excluding carboxylic acids is 1. The van der Waals surface area contributed by atoms with Crippen molar-refractivity contribution in [1.29, 1.82) is 0 Å². The predicted octanol–water partition coefficient (Wildman–Crippen LogP) is 3.43. The van der Waals surface area contributed by atoms with E-state index in [4.69, 9.17) is 0 Å². The summed E-state index contributed by atoms with van der Waals surface area (Å²) in [5.41, 5.74) is 1.37. The van der Waals surface area contributed by atoms with E-state index < -0.39 is 11.5 Å². The van der Waals surface area contributed by atoms with E-state index in [1.807, 2.05) is 6.92 Å². The van der Waals surface area contributed by atoms with E-state index in [-0.39, 0.29) is 11.8 Å². The van der Waals surface area contributed by atoms with Gasteiger partial charge in [0.05, 0.1) is 0 Å². The van der Waals surface area contributed by atoms with E-state index in [1.165, 1.54) is 5.56 Å². The van der Waals surface area contributed by atoms with Gasteiger partial charge in [0, 0.05) is 6.42 Å². The summed E-state index contributed by atoms with van der Waals surface area (Å²) in [5.74, 6) is -0.530. The van der Waals surface area contributed by atoms with Gasteiger partial charge in [-0.1, -0.05) is 45.0 Å². The van der Waals surface area contributed by atoms with Gasteiger partial charge in [-0.2, -0.15) is 0 Å².